The van der Waals surface area contributed by atoms with E-state index in [4.69, 9.17) is 9.68 Å². The van der Waals surface area contributed by atoms with E-state index in [2.05, 4.69) is 4.98 Å². The van der Waals surface area contributed by atoms with Gasteiger partial charge in [0.15, 0.2) is 5.88 Å². The van der Waals surface area contributed by atoms with E-state index in [0.717, 1.165) is 16.6 Å². The van der Waals surface area contributed by atoms with Crippen LogP contribution in [0.5, 0.6) is 5.88 Å². The van der Waals surface area contributed by atoms with Crippen LogP contribution in [0.25, 0.3) is 11.0 Å². The van der Waals surface area contributed by atoms with Crippen LogP contribution in [0.2, 0.25) is 0 Å². The van der Waals surface area contributed by atoms with Crippen molar-refractivity contribution in [1.29, 1.82) is 0 Å². The number of aryl methyl sites for hydroxylation is 2. The van der Waals surface area contributed by atoms with Crippen LogP contribution in [0.3, 0.4) is 0 Å². The number of hydrogen-bond acceptors (Lipinski definition) is 3. The highest BCUT2D eigenvalue weighted by Crippen LogP contribution is 2.24. The molecular weight excluding hydrogens is 179 g/mol. The third-order valence-corrected chi connectivity index (χ3v) is 2.32. The van der Waals surface area contributed by atoms with Crippen LogP contribution in [0.1, 0.15) is 5.56 Å². The molecule has 5 heteroatoms. The summed E-state index contributed by atoms with van der Waals surface area (Å²) in [6, 6.07) is 3.83. The number of rotatable bonds is 2. The lowest BCUT2D eigenvalue weighted by Gasteiger charge is -2.02. The van der Waals surface area contributed by atoms with E-state index in [1.54, 1.807) is 6.20 Å². The molecule has 2 heterocycles. The summed E-state index contributed by atoms with van der Waals surface area (Å²) in [6.45, 7) is 2.02. The van der Waals surface area contributed by atoms with Crippen LogP contribution in [0.4, 0.5) is 0 Å². The SMILES string of the molecule is Cc1ccnc2c1cc(OBO)n2C. The Morgan fingerprint density at radius 2 is 2.36 bits per heavy atom. The number of hydrogen-bond donors (Lipinski definition) is 1. The maximum Gasteiger partial charge on any atom is 0.505 e. The zero-order valence-electron chi connectivity index (χ0n) is 8.19. The number of fused-ring (bicyclic) bond motifs is 1. The van der Waals surface area contributed by atoms with E-state index in [9.17, 15) is 0 Å². The first-order valence-corrected chi connectivity index (χ1v) is 4.38. The van der Waals surface area contributed by atoms with Gasteiger partial charge in [0.2, 0.25) is 0 Å². The smallest absolute Gasteiger partial charge is 0.505 e. The van der Waals surface area contributed by atoms with E-state index >= 15 is 0 Å². The molecule has 0 amide bonds. The monoisotopic (exact) mass is 190 g/mol. The summed E-state index contributed by atoms with van der Waals surface area (Å²) in [5, 5.41) is 9.74. The number of aromatic nitrogens is 2. The Labute approximate surface area is 82.4 Å². The molecule has 0 radical (unpaired) electrons. The molecule has 72 valence electrons. The molecule has 0 saturated heterocycles. The fraction of sp³-hybridized carbons (Fsp3) is 0.222. The summed E-state index contributed by atoms with van der Waals surface area (Å²) in [6.07, 6.45) is 1.76. The van der Waals surface area contributed by atoms with Crippen LogP contribution in [-0.4, -0.2) is 22.3 Å². The van der Waals surface area contributed by atoms with Crippen molar-refractivity contribution < 1.29 is 9.68 Å². The lowest BCUT2D eigenvalue weighted by Crippen LogP contribution is -2.03. The minimum Gasteiger partial charge on any atom is -0.526 e. The molecule has 0 saturated carbocycles. The lowest BCUT2D eigenvalue weighted by molar-refractivity contribution is 0.433. The van der Waals surface area contributed by atoms with Gasteiger partial charge in [0, 0.05) is 24.7 Å². The van der Waals surface area contributed by atoms with Gasteiger partial charge in [-0.3, -0.25) is 0 Å². The minimum atomic E-state index is -0.316. The summed E-state index contributed by atoms with van der Waals surface area (Å²) in [5.41, 5.74) is 2.02. The molecule has 0 aromatic carbocycles. The van der Waals surface area contributed by atoms with Crippen LogP contribution in [-0.2, 0) is 7.05 Å². The van der Waals surface area contributed by atoms with E-state index in [1.807, 2.05) is 30.7 Å². The van der Waals surface area contributed by atoms with Gasteiger partial charge in [-0.2, -0.15) is 0 Å². The normalized spacial score (nSPS) is 10.5. The highest BCUT2D eigenvalue weighted by molar-refractivity contribution is 6.17. The molecule has 0 atom stereocenters. The first-order valence-electron chi connectivity index (χ1n) is 4.38. The van der Waals surface area contributed by atoms with E-state index < -0.39 is 0 Å². The molecule has 1 N–H and O–H groups in total. The van der Waals surface area contributed by atoms with Gasteiger partial charge in [-0.15, -0.1) is 0 Å². The predicted octanol–water partition coefficient (Wildman–Crippen LogP) is 0.519. The molecule has 2 aromatic rings. The molecule has 0 unspecified atom stereocenters. The van der Waals surface area contributed by atoms with Crippen molar-refractivity contribution in [3.05, 3.63) is 23.9 Å². The van der Waals surface area contributed by atoms with E-state index in [0.29, 0.717) is 5.88 Å². The summed E-state index contributed by atoms with van der Waals surface area (Å²) in [5.74, 6) is 0.629. The van der Waals surface area contributed by atoms with Crippen molar-refractivity contribution in [2.75, 3.05) is 0 Å². The van der Waals surface area contributed by atoms with Crippen molar-refractivity contribution in [3.63, 3.8) is 0 Å². The molecule has 0 aliphatic heterocycles. The van der Waals surface area contributed by atoms with Gasteiger partial charge in [-0.25, -0.2) is 4.98 Å². The van der Waals surface area contributed by atoms with Crippen molar-refractivity contribution in [2.24, 2.45) is 7.05 Å². The minimum absolute atomic E-state index is 0.316. The molecule has 0 fully saturated rings. The zero-order valence-corrected chi connectivity index (χ0v) is 8.19. The summed E-state index contributed by atoms with van der Waals surface area (Å²) >= 11 is 0. The van der Waals surface area contributed by atoms with Crippen LogP contribution in [0, 0.1) is 6.92 Å². The van der Waals surface area contributed by atoms with Crippen LogP contribution < -0.4 is 4.65 Å². The zero-order chi connectivity index (χ0) is 10.1. The fourth-order valence-electron chi connectivity index (χ4n) is 1.53. The Morgan fingerprint density at radius 1 is 1.57 bits per heavy atom. The van der Waals surface area contributed by atoms with Gasteiger partial charge in [-0.05, 0) is 18.6 Å². The lowest BCUT2D eigenvalue weighted by atomic mass is 10.2. The Balaban J connectivity index is 2.67. The number of nitrogens with zero attached hydrogens (tertiary/aromatic N) is 2. The van der Waals surface area contributed by atoms with Crippen molar-refractivity contribution in [3.8, 4) is 5.88 Å². The summed E-state index contributed by atoms with van der Waals surface area (Å²) < 4.78 is 6.87. The quantitative estimate of drug-likeness (QED) is 0.702. The largest absolute Gasteiger partial charge is 0.526 e. The van der Waals surface area contributed by atoms with Crippen molar-refractivity contribution >= 4 is 18.7 Å². The highest BCUT2D eigenvalue weighted by Gasteiger charge is 2.08. The Morgan fingerprint density at radius 3 is 3.00 bits per heavy atom. The molecule has 0 aliphatic rings. The standard InChI is InChI=1S/C9H11BN2O2/c1-6-3-4-11-9-7(6)5-8(12(9)2)14-10-13/h3-5,10,13H,1-2H3. The second-order valence-electron chi connectivity index (χ2n) is 3.18. The Bertz CT molecular complexity index is 467. The molecule has 0 aliphatic carbocycles. The molecule has 4 nitrogen and oxygen atoms in total. The maximum absolute atomic E-state index is 8.68. The van der Waals surface area contributed by atoms with Gasteiger partial charge in [-0.1, -0.05) is 0 Å². The van der Waals surface area contributed by atoms with Crippen molar-refractivity contribution in [2.45, 2.75) is 6.92 Å². The van der Waals surface area contributed by atoms with Gasteiger partial charge in [0.25, 0.3) is 0 Å². The molecule has 2 rings (SSSR count). The third-order valence-electron chi connectivity index (χ3n) is 2.32. The van der Waals surface area contributed by atoms with Gasteiger partial charge in [0.05, 0.1) is 0 Å². The Hall–Kier alpha value is -1.49. The molecule has 2 aromatic heterocycles. The van der Waals surface area contributed by atoms with Gasteiger partial charge < -0.3 is 14.2 Å². The van der Waals surface area contributed by atoms with E-state index in [1.165, 1.54) is 0 Å². The van der Waals surface area contributed by atoms with Crippen molar-refractivity contribution in [1.82, 2.24) is 9.55 Å². The predicted molar refractivity (Wildman–Crippen MR) is 55.4 cm³/mol. The maximum atomic E-state index is 8.68. The Kier molecular flexibility index (Phi) is 2.17. The van der Waals surface area contributed by atoms with Gasteiger partial charge in [0.1, 0.15) is 5.65 Å². The topological polar surface area (TPSA) is 47.3 Å². The highest BCUT2D eigenvalue weighted by atomic mass is 16.5. The second-order valence-corrected chi connectivity index (χ2v) is 3.18. The van der Waals surface area contributed by atoms with Gasteiger partial charge >= 0.3 is 7.69 Å². The first kappa shape index (κ1) is 9.08. The van der Waals surface area contributed by atoms with Crippen LogP contribution in [0.15, 0.2) is 18.3 Å². The second kappa shape index (κ2) is 3.34. The number of pyridine rings is 1. The van der Waals surface area contributed by atoms with E-state index in [-0.39, 0.29) is 7.69 Å². The first-order chi connectivity index (χ1) is 6.74. The molecule has 0 bridgehead atoms. The average Bonchev–Trinajstić information content (AvgIpc) is 2.48. The average molecular weight is 190 g/mol. The summed E-state index contributed by atoms with van der Waals surface area (Å²) in [7, 11) is 1.54. The third kappa shape index (κ3) is 1.26. The molecule has 0 spiro atoms. The molecular formula is C9H11BN2O2. The van der Waals surface area contributed by atoms with Crippen LogP contribution >= 0.6 is 0 Å². The summed E-state index contributed by atoms with van der Waals surface area (Å²) in [4.78, 5) is 4.25. The molecule has 14 heavy (non-hydrogen) atoms. The fourth-order valence-corrected chi connectivity index (χ4v) is 1.53.